The minimum absolute atomic E-state index is 0.0463. The molecule has 3 unspecified atom stereocenters. The molecule has 3 aromatic rings. The number of nitrogens with two attached hydrogens (primary N) is 2. The smallest absolute Gasteiger partial charge is 0.263 e. The van der Waals surface area contributed by atoms with Gasteiger partial charge in [-0.05, 0) is 63.3 Å². The summed E-state index contributed by atoms with van der Waals surface area (Å²) in [5.74, 6) is 0.814. The maximum Gasteiger partial charge on any atom is 0.263 e. The Morgan fingerprint density at radius 1 is 1.32 bits per heavy atom. The van der Waals surface area contributed by atoms with Crippen molar-refractivity contribution in [3.05, 3.63) is 45.6 Å². The van der Waals surface area contributed by atoms with Gasteiger partial charge in [-0.2, -0.15) is 0 Å². The lowest BCUT2D eigenvalue weighted by atomic mass is 9.91. The number of ether oxygens (including phenoxy) is 1. The van der Waals surface area contributed by atoms with Crippen molar-refractivity contribution in [2.24, 2.45) is 5.73 Å². The van der Waals surface area contributed by atoms with Crippen molar-refractivity contribution in [1.29, 1.82) is 0 Å². The molecule has 9 heteroatoms. The molecule has 4 heterocycles. The summed E-state index contributed by atoms with van der Waals surface area (Å²) in [6.07, 6.45) is 2.41. The third-order valence-electron chi connectivity index (χ3n) is 7.31. The van der Waals surface area contributed by atoms with Crippen molar-refractivity contribution in [2.45, 2.75) is 57.7 Å². The molecule has 5 rings (SSSR count). The molecule has 180 valence electrons. The highest BCUT2D eigenvalue weighted by Gasteiger charge is 2.41. The summed E-state index contributed by atoms with van der Waals surface area (Å²) in [6, 6.07) is 6.17. The number of nitrogens with one attached hydrogen (secondary N) is 1. The Kier molecular flexibility index (Phi) is 5.74. The van der Waals surface area contributed by atoms with Crippen LogP contribution in [0.15, 0.2) is 18.2 Å². The van der Waals surface area contributed by atoms with Crippen molar-refractivity contribution >= 4 is 39.0 Å². The monoisotopic (exact) mass is 480 g/mol. The van der Waals surface area contributed by atoms with E-state index in [1.54, 1.807) is 7.11 Å². The lowest BCUT2D eigenvalue weighted by Gasteiger charge is -2.27. The number of fused-ring (bicyclic) bond motifs is 2. The minimum atomic E-state index is -0.367. The topological polar surface area (TPSA) is 119 Å². The summed E-state index contributed by atoms with van der Waals surface area (Å²) in [7, 11) is 1.71. The number of nitrogen functional groups attached to an aromatic ring is 1. The molecule has 34 heavy (non-hydrogen) atoms. The van der Waals surface area contributed by atoms with Gasteiger partial charge in [0.25, 0.3) is 5.91 Å². The first-order valence-corrected chi connectivity index (χ1v) is 12.5. The van der Waals surface area contributed by atoms with Gasteiger partial charge in [0.15, 0.2) is 0 Å². The van der Waals surface area contributed by atoms with Crippen LogP contribution in [0.4, 0.5) is 11.5 Å². The van der Waals surface area contributed by atoms with Gasteiger partial charge in [0, 0.05) is 43.0 Å². The summed E-state index contributed by atoms with van der Waals surface area (Å²) in [4.78, 5) is 26.2. The molecule has 1 aliphatic heterocycles. The van der Waals surface area contributed by atoms with Crippen LogP contribution in [0.1, 0.15) is 45.5 Å². The molecule has 0 radical (unpaired) electrons. The number of nitrogens with zero attached hydrogens (tertiary/aromatic N) is 3. The fraction of sp³-hybridized carbons (Fsp3) is 0.480. The number of methoxy groups -OCH3 is 1. The van der Waals surface area contributed by atoms with E-state index in [2.05, 4.69) is 27.3 Å². The molecule has 5 N–H and O–H groups in total. The maximum absolute atomic E-state index is 13.1. The molecule has 0 spiro atoms. The highest BCUT2D eigenvalue weighted by atomic mass is 32.1. The van der Waals surface area contributed by atoms with Crippen molar-refractivity contribution in [3.63, 3.8) is 0 Å². The zero-order chi connectivity index (χ0) is 24.2. The van der Waals surface area contributed by atoms with Crippen LogP contribution < -0.4 is 21.7 Å². The number of anilines is 2. The average Bonchev–Trinajstić information content (AvgIpc) is 3.30. The zero-order valence-corrected chi connectivity index (χ0v) is 21.0. The second-order valence-electron chi connectivity index (χ2n) is 9.80. The second-order valence-corrected chi connectivity index (χ2v) is 10.8. The van der Waals surface area contributed by atoms with Gasteiger partial charge in [0.05, 0.1) is 17.3 Å². The minimum Gasteiger partial charge on any atom is -0.397 e. The largest absolute Gasteiger partial charge is 0.397 e. The highest BCUT2D eigenvalue weighted by Crippen LogP contribution is 2.35. The summed E-state index contributed by atoms with van der Waals surface area (Å²) in [5, 5.41) is 4.08. The van der Waals surface area contributed by atoms with Gasteiger partial charge in [0.1, 0.15) is 15.5 Å². The van der Waals surface area contributed by atoms with E-state index < -0.39 is 0 Å². The Labute approximate surface area is 203 Å². The molecule has 1 saturated heterocycles. The van der Waals surface area contributed by atoms with Crippen molar-refractivity contribution in [1.82, 2.24) is 15.3 Å². The molecule has 0 aromatic carbocycles. The molecule has 1 fully saturated rings. The van der Waals surface area contributed by atoms with Crippen LogP contribution in [0.2, 0.25) is 0 Å². The first kappa shape index (κ1) is 23.0. The van der Waals surface area contributed by atoms with Crippen LogP contribution in [0.5, 0.6) is 0 Å². The molecule has 3 atom stereocenters. The second kappa shape index (κ2) is 8.48. The molecule has 8 nitrogen and oxygen atoms in total. The summed E-state index contributed by atoms with van der Waals surface area (Å²) in [6.45, 7) is 7.45. The van der Waals surface area contributed by atoms with Gasteiger partial charge < -0.3 is 26.4 Å². The molecular weight excluding hydrogens is 448 g/mol. The van der Waals surface area contributed by atoms with Crippen molar-refractivity contribution in [3.8, 4) is 0 Å². The van der Waals surface area contributed by atoms with E-state index in [1.165, 1.54) is 16.9 Å². The molecule has 2 aliphatic rings. The van der Waals surface area contributed by atoms with Crippen molar-refractivity contribution < 1.29 is 9.53 Å². The quantitative estimate of drug-likeness (QED) is 0.525. The Hall–Kier alpha value is -2.75. The van der Waals surface area contributed by atoms with Gasteiger partial charge in [-0.1, -0.05) is 6.07 Å². The average molecular weight is 481 g/mol. The normalized spacial score (nSPS) is 24.4. The van der Waals surface area contributed by atoms with E-state index >= 15 is 0 Å². The number of carbonyl (C=O) groups is 1. The van der Waals surface area contributed by atoms with Gasteiger partial charge in [-0.25, -0.2) is 9.97 Å². The van der Waals surface area contributed by atoms with E-state index in [0.717, 1.165) is 65.3 Å². The van der Waals surface area contributed by atoms with Crippen LogP contribution in [0.25, 0.3) is 10.2 Å². The fourth-order valence-electron chi connectivity index (χ4n) is 5.17. The molecule has 0 saturated carbocycles. The number of carbonyl (C=O) groups excluding carboxylic acids is 1. The molecule has 1 amide bonds. The third kappa shape index (κ3) is 3.91. The summed E-state index contributed by atoms with van der Waals surface area (Å²) < 4.78 is 5.66. The first-order chi connectivity index (χ1) is 16.2. The summed E-state index contributed by atoms with van der Waals surface area (Å²) >= 11 is 1.37. The summed E-state index contributed by atoms with van der Waals surface area (Å²) in [5.41, 5.74) is 17.1. The number of aromatic nitrogens is 2. The number of amides is 1. The Bertz CT molecular complexity index is 1270. The molecular formula is C25H32N6O2S. The van der Waals surface area contributed by atoms with Crippen LogP contribution in [-0.4, -0.2) is 53.8 Å². The standard InChI is InChI=1S/C25H32N6O2S/c1-13-9-14(2)28-24-20(13)21(27)22(34-24)23(32)29-16-6-7-17-15(10-16)5-8-19(30-17)31-11-18(26)25(3,12-31)33-4/h5,8-9,16,18H,6-7,10-12,26-27H2,1-4H3,(H,29,32). The predicted octanol–water partition coefficient (Wildman–Crippen LogP) is 2.73. The van der Waals surface area contributed by atoms with E-state index in [0.29, 0.717) is 10.6 Å². The maximum atomic E-state index is 13.1. The van der Waals surface area contributed by atoms with Crippen LogP contribution in [0.3, 0.4) is 0 Å². The van der Waals surface area contributed by atoms with E-state index in [9.17, 15) is 4.79 Å². The zero-order valence-electron chi connectivity index (χ0n) is 20.1. The lowest BCUT2D eigenvalue weighted by Crippen LogP contribution is -2.45. The predicted molar refractivity (Wildman–Crippen MR) is 137 cm³/mol. The van der Waals surface area contributed by atoms with Gasteiger partial charge >= 0.3 is 0 Å². The van der Waals surface area contributed by atoms with E-state index in [1.807, 2.05) is 26.8 Å². The number of hydrogen-bond acceptors (Lipinski definition) is 8. The van der Waals surface area contributed by atoms with Gasteiger partial charge in [0.2, 0.25) is 0 Å². The van der Waals surface area contributed by atoms with Crippen LogP contribution >= 0.6 is 11.3 Å². The van der Waals surface area contributed by atoms with E-state index in [4.69, 9.17) is 21.2 Å². The SMILES string of the molecule is COC1(C)CN(c2ccc3c(n2)CCC(NC(=O)c2sc4nc(C)cc(C)c4c2N)C3)CC1N. The first-order valence-electron chi connectivity index (χ1n) is 11.7. The Morgan fingerprint density at radius 2 is 2.12 bits per heavy atom. The molecule has 1 aliphatic carbocycles. The number of hydrogen-bond donors (Lipinski definition) is 3. The lowest BCUT2D eigenvalue weighted by molar-refractivity contribution is 0.0129. The van der Waals surface area contributed by atoms with Crippen LogP contribution in [0, 0.1) is 13.8 Å². The highest BCUT2D eigenvalue weighted by molar-refractivity contribution is 7.21. The van der Waals surface area contributed by atoms with Gasteiger partial charge in [-0.3, -0.25) is 4.79 Å². The molecule has 0 bridgehead atoms. The Balaban J connectivity index is 1.29. The fourth-order valence-corrected chi connectivity index (χ4v) is 6.29. The van der Waals surface area contributed by atoms with E-state index in [-0.39, 0.29) is 23.6 Å². The Morgan fingerprint density at radius 3 is 2.85 bits per heavy atom. The third-order valence-corrected chi connectivity index (χ3v) is 8.41. The number of aryl methyl sites for hydroxylation is 3. The van der Waals surface area contributed by atoms with Gasteiger partial charge in [-0.15, -0.1) is 11.3 Å². The van der Waals surface area contributed by atoms with Crippen molar-refractivity contribution in [2.75, 3.05) is 30.8 Å². The number of pyridine rings is 2. The number of thiophene rings is 1. The number of rotatable bonds is 4. The molecule has 3 aromatic heterocycles. The van der Waals surface area contributed by atoms with Crippen LogP contribution in [-0.2, 0) is 17.6 Å².